The molecule has 2 rings (SSSR count). The first kappa shape index (κ1) is 22.1. The first-order valence-electron chi connectivity index (χ1n) is 7.98. The van der Waals surface area contributed by atoms with E-state index in [4.69, 9.17) is 17.3 Å². The standard InChI is InChI=1S/C16H22ClN5O3.ClH/c1-22(2)16(25)9-3-5-12(11(18)7-9)20-14(23)15(24)21-13-6-4-10(17)8-19-13;/h4,6,8-9,11-12H,3,5,7,18H2,1-2H3,(H,20,23)(H,19,21,24);1H/t9-,11+,12-;/m0./s1. The van der Waals surface area contributed by atoms with Crippen LogP contribution >= 0.6 is 24.0 Å². The van der Waals surface area contributed by atoms with Gasteiger partial charge in [-0.25, -0.2) is 4.98 Å². The lowest BCUT2D eigenvalue weighted by Crippen LogP contribution is -2.54. The average Bonchev–Trinajstić information content (AvgIpc) is 2.57. The fourth-order valence-corrected chi connectivity index (χ4v) is 2.94. The second-order valence-corrected chi connectivity index (χ2v) is 6.74. The number of hydrogen-bond acceptors (Lipinski definition) is 5. The van der Waals surface area contributed by atoms with E-state index in [-0.39, 0.29) is 42.1 Å². The van der Waals surface area contributed by atoms with Crippen molar-refractivity contribution in [2.24, 2.45) is 11.7 Å². The summed E-state index contributed by atoms with van der Waals surface area (Å²) in [5.41, 5.74) is 6.08. The molecule has 0 unspecified atom stereocenters. The van der Waals surface area contributed by atoms with E-state index in [9.17, 15) is 14.4 Å². The Morgan fingerprint density at radius 3 is 2.46 bits per heavy atom. The number of nitrogens with two attached hydrogens (primary N) is 1. The molecule has 1 aliphatic rings. The summed E-state index contributed by atoms with van der Waals surface area (Å²) >= 11 is 5.71. The van der Waals surface area contributed by atoms with Gasteiger partial charge < -0.3 is 21.3 Å². The number of anilines is 1. The number of nitrogens with one attached hydrogen (secondary N) is 2. The molecule has 0 aromatic carbocycles. The molecule has 4 N–H and O–H groups in total. The third-order valence-corrected chi connectivity index (χ3v) is 4.40. The molecular formula is C16H23Cl2N5O3. The molecule has 0 spiro atoms. The van der Waals surface area contributed by atoms with Crippen LogP contribution in [0, 0.1) is 5.92 Å². The van der Waals surface area contributed by atoms with Crippen molar-refractivity contribution < 1.29 is 14.4 Å². The summed E-state index contributed by atoms with van der Waals surface area (Å²) in [6.45, 7) is 0. The molecular weight excluding hydrogens is 381 g/mol. The van der Waals surface area contributed by atoms with Crippen molar-refractivity contribution in [2.75, 3.05) is 19.4 Å². The second kappa shape index (κ2) is 9.70. The highest BCUT2D eigenvalue weighted by Crippen LogP contribution is 2.25. The minimum atomic E-state index is -0.825. The van der Waals surface area contributed by atoms with Gasteiger partial charge in [-0.15, -0.1) is 12.4 Å². The zero-order chi connectivity index (χ0) is 18.6. The maximum absolute atomic E-state index is 12.0. The van der Waals surface area contributed by atoms with Crippen molar-refractivity contribution in [3.05, 3.63) is 23.4 Å². The highest BCUT2D eigenvalue weighted by Gasteiger charge is 2.34. The molecule has 0 radical (unpaired) electrons. The van der Waals surface area contributed by atoms with Gasteiger partial charge in [-0.1, -0.05) is 11.6 Å². The molecule has 1 saturated carbocycles. The summed E-state index contributed by atoms with van der Waals surface area (Å²) in [5, 5.41) is 5.46. The number of amides is 3. The molecule has 0 saturated heterocycles. The number of carbonyl (C=O) groups excluding carboxylic acids is 3. The number of halogens is 2. The summed E-state index contributed by atoms with van der Waals surface area (Å²) < 4.78 is 0. The van der Waals surface area contributed by atoms with Crippen LogP contribution in [-0.2, 0) is 14.4 Å². The van der Waals surface area contributed by atoms with Gasteiger partial charge in [0.2, 0.25) is 5.91 Å². The van der Waals surface area contributed by atoms with Crippen LogP contribution in [0.2, 0.25) is 5.02 Å². The van der Waals surface area contributed by atoms with Crippen LogP contribution in [0.25, 0.3) is 0 Å². The van der Waals surface area contributed by atoms with Crippen molar-refractivity contribution in [3.63, 3.8) is 0 Å². The Labute approximate surface area is 163 Å². The lowest BCUT2D eigenvalue weighted by molar-refractivity contribution is -0.137. The van der Waals surface area contributed by atoms with E-state index in [1.165, 1.54) is 12.3 Å². The van der Waals surface area contributed by atoms with Crippen LogP contribution in [0.4, 0.5) is 5.82 Å². The van der Waals surface area contributed by atoms with Crippen LogP contribution in [0.15, 0.2) is 18.3 Å². The van der Waals surface area contributed by atoms with Crippen LogP contribution in [0.1, 0.15) is 19.3 Å². The maximum Gasteiger partial charge on any atom is 0.314 e. The third kappa shape index (κ3) is 5.82. The number of aromatic nitrogens is 1. The van der Waals surface area contributed by atoms with Crippen molar-refractivity contribution in [1.82, 2.24) is 15.2 Å². The molecule has 144 valence electrons. The topological polar surface area (TPSA) is 117 Å². The van der Waals surface area contributed by atoms with Gasteiger partial charge in [-0.2, -0.15) is 0 Å². The average molecular weight is 404 g/mol. The van der Waals surface area contributed by atoms with E-state index in [0.717, 1.165) is 0 Å². The lowest BCUT2D eigenvalue weighted by Gasteiger charge is -2.34. The van der Waals surface area contributed by atoms with Gasteiger partial charge in [0.1, 0.15) is 5.82 Å². The molecule has 1 aliphatic carbocycles. The van der Waals surface area contributed by atoms with Gasteiger partial charge in [0, 0.05) is 38.3 Å². The van der Waals surface area contributed by atoms with E-state index < -0.39 is 11.8 Å². The highest BCUT2D eigenvalue weighted by molar-refractivity contribution is 6.39. The number of hydrogen-bond donors (Lipinski definition) is 3. The van der Waals surface area contributed by atoms with Gasteiger partial charge in [0.15, 0.2) is 0 Å². The van der Waals surface area contributed by atoms with Crippen molar-refractivity contribution in [3.8, 4) is 0 Å². The zero-order valence-electron chi connectivity index (χ0n) is 14.6. The summed E-state index contributed by atoms with van der Waals surface area (Å²) in [6.07, 6.45) is 3.01. The van der Waals surface area contributed by atoms with Crippen LogP contribution in [-0.4, -0.2) is 53.8 Å². The van der Waals surface area contributed by atoms with Gasteiger partial charge in [0.25, 0.3) is 0 Å². The van der Waals surface area contributed by atoms with Crippen LogP contribution in [0.5, 0.6) is 0 Å². The first-order chi connectivity index (χ1) is 11.8. The minimum absolute atomic E-state index is 0. The van der Waals surface area contributed by atoms with E-state index in [0.29, 0.717) is 24.3 Å². The smallest absolute Gasteiger partial charge is 0.314 e. The quantitative estimate of drug-likeness (QED) is 0.644. The Morgan fingerprint density at radius 2 is 1.92 bits per heavy atom. The van der Waals surface area contributed by atoms with Crippen molar-refractivity contribution in [2.45, 2.75) is 31.3 Å². The van der Waals surface area contributed by atoms with E-state index in [1.54, 1.807) is 25.1 Å². The SMILES string of the molecule is CN(C)C(=O)[C@H]1CC[C@H](NC(=O)C(=O)Nc2ccc(Cl)cn2)[C@H](N)C1.Cl. The Bertz CT molecular complexity index is 654. The largest absolute Gasteiger partial charge is 0.349 e. The molecule has 1 heterocycles. The van der Waals surface area contributed by atoms with Crippen molar-refractivity contribution >= 4 is 47.5 Å². The Balaban J connectivity index is 0.00000338. The molecule has 10 heteroatoms. The Hall–Kier alpha value is -1.90. The number of rotatable bonds is 3. The molecule has 0 bridgehead atoms. The monoisotopic (exact) mass is 403 g/mol. The lowest BCUT2D eigenvalue weighted by atomic mass is 9.82. The molecule has 1 aromatic rings. The van der Waals surface area contributed by atoms with Gasteiger partial charge in [-0.3, -0.25) is 14.4 Å². The zero-order valence-corrected chi connectivity index (χ0v) is 16.1. The molecule has 1 aromatic heterocycles. The van der Waals surface area contributed by atoms with Crippen molar-refractivity contribution in [1.29, 1.82) is 0 Å². The minimum Gasteiger partial charge on any atom is -0.349 e. The number of nitrogens with zero attached hydrogens (tertiary/aromatic N) is 2. The fourth-order valence-electron chi connectivity index (χ4n) is 2.83. The summed E-state index contributed by atoms with van der Waals surface area (Å²) in [7, 11) is 3.41. The molecule has 1 fully saturated rings. The Morgan fingerprint density at radius 1 is 1.23 bits per heavy atom. The van der Waals surface area contributed by atoms with E-state index >= 15 is 0 Å². The van der Waals surface area contributed by atoms with Crippen LogP contribution in [0.3, 0.4) is 0 Å². The number of pyridine rings is 1. The molecule has 0 aliphatic heterocycles. The van der Waals surface area contributed by atoms with Gasteiger partial charge in [0.05, 0.1) is 5.02 Å². The summed E-state index contributed by atoms with van der Waals surface area (Å²) in [5.74, 6) is -1.49. The molecule has 8 nitrogen and oxygen atoms in total. The predicted octanol–water partition coefficient (Wildman–Crippen LogP) is 0.796. The van der Waals surface area contributed by atoms with Gasteiger partial charge >= 0.3 is 11.8 Å². The normalized spacial score (nSPS) is 21.9. The maximum atomic E-state index is 12.0. The second-order valence-electron chi connectivity index (χ2n) is 6.30. The van der Waals surface area contributed by atoms with E-state index in [1.807, 2.05) is 0 Å². The third-order valence-electron chi connectivity index (χ3n) is 4.18. The molecule has 3 amide bonds. The van der Waals surface area contributed by atoms with Crippen LogP contribution < -0.4 is 16.4 Å². The molecule has 3 atom stereocenters. The molecule has 26 heavy (non-hydrogen) atoms. The fraction of sp³-hybridized carbons (Fsp3) is 0.500. The van der Waals surface area contributed by atoms with Gasteiger partial charge in [-0.05, 0) is 31.4 Å². The Kier molecular flexibility index (Phi) is 8.26. The number of carbonyl (C=O) groups is 3. The van der Waals surface area contributed by atoms with E-state index in [2.05, 4.69) is 15.6 Å². The summed E-state index contributed by atoms with van der Waals surface area (Å²) in [4.78, 5) is 41.4. The summed E-state index contributed by atoms with van der Waals surface area (Å²) in [6, 6.07) is 2.33. The predicted molar refractivity (Wildman–Crippen MR) is 101 cm³/mol. The first-order valence-corrected chi connectivity index (χ1v) is 8.36. The highest BCUT2D eigenvalue weighted by atomic mass is 35.5.